The highest BCUT2D eigenvalue weighted by Gasteiger charge is 2.03. The number of nitrogens with two attached hydrogens (primary N) is 1. The number of anilines is 1. The average Bonchev–Trinajstić information content (AvgIpc) is 2.18. The highest BCUT2D eigenvalue weighted by molar-refractivity contribution is 7.81. The molecule has 1 atom stereocenters. The second kappa shape index (κ2) is 4.96. The van der Waals surface area contributed by atoms with Gasteiger partial charge in [0, 0.05) is 0 Å². The van der Waals surface area contributed by atoms with Gasteiger partial charge in [-0.15, -0.1) is 12.6 Å². The molecule has 1 aromatic rings. The van der Waals surface area contributed by atoms with Crippen LogP contribution in [0.2, 0.25) is 0 Å². The molecule has 0 heterocycles. The Morgan fingerprint density at radius 3 is 2.77 bits per heavy atom. The number of nitrogens with one attached hydrogen (secondary N) is 2. The Morgan fingerprint density at radius 2 is 2.15 bits per heavy atom. The van der Waals surface area contributed by atoms with Crippen LogP contribution in [0.4, 0.5) is 5.69 Å². The van der Waals surface area contributed by atoms with Gasteiger partial charge in [-0.25, -0.2) is 5.43 Å². The van der Waals surface area contributed by atoms with Crippen molar-refractivity contribution in [2.75, 3.05) is 12.4 Å². The van der Waals surface area contributed by atoms with Crippen molar-refractivity contribution < 1.29 is 4.74 Å². The van der Waals surface area contributed by atoms with Crippen LogP contribution in [0.25, 0.3) is 0 Å². The number of rotatable bonds is 4. The van der Waals surface area contributed by atoms with Crippen molar-refractivity contribution in [3.8, 4) is 5.75 Å². The molecule has 0 aliphatic heterocycles. The van der Waals surface area contributed by atoms with Crippen LogP contribution in [-0.4, -0.2) is 12.6 Å². The maximum Gasteiger partial charge on any atom is 0.142 e. The lowest BCUT2D eigenvalue weighted by Gasteiger charge is -2.15. The van der Waals surface area contributed by atoms with Crippen LogP contribution in [0, 0.1) is 0 Å². The number of para-hydroxylation sites is 2. The SMILES string of the molecule is COc1ccccc1NC(S)NN. The zero-order chi connectivity index (χ0) is 9.68. The molecule has 0 fully saturated rings. The van der Waals surface area contributed by atoms with E-state index in [4.69, 9.17) is 10.6 Å². The number of benzene rings is 1. The van der Waals surface area contributed by atoms with Crippen LogP contribution in [0.5, 0.6) is 5.75 Å². The van der Waals surface area contributed by atoms with Crippen molar-refractivity contribution in [1.29, 1.82) is 0 Å². The molecule has 0 bridgehead atoms. The second-order valence-electron chi connectivity index (χ2n) is 2.41. The molecule has 0 aliphatic rings. The van der Waals surface area contributed by atoms with Crippen molar-refractivity contribution in [2.24, 2.45) is 5.84 Å². The Hall–Kier alpha value is -0.910. The summed E-state index contributed by atoms with van der Waals surface area (Å²) in [7, 11) is 1.61. The Morgan fingerprint density at radius 1 is 1.46 bits per heavy atom. The van der Waals surface area contributed by atoms with Crippen LogP contribution < -0.4 is 21.3 Å². The fraction of sp³-hybridized carbons (Fsp3) is 0.250. The van der Waals surface area contributed by atoms with Gasteiger partial charge in [-0.3, -0.25) is 5.84 Å². The molecule has 0 radical (unpaired) electrons. The van der Waals surface area contributed by atoms with Crippen molar-refractivity contribution in [3.63, 3.8) is 0 Å². The van der Waals surface area contributed by atoms with Crippen LogP contribution in [0.15, 0.2) is 24.3 Å². The molecular formula is C8H13N3OS. The van der Waals surface area contributed by atoms with Gasteiger partial charge in [0.05, 0.1) is 12.8 Å². The first-order chi connectivity index (χ1) is 6.27. The number of methoxy groups -OCH3 is 1. The van der Waals surface area contributed by atoms with E-state index in [1.165, 1.54) is 0 Å². The van der Waals surface area contributed by atoms with Gasteiger partial charge in [-0.1, -0.05) is 12.1 Å². The fourth-order valence-corrected chi connectivity index (χ4v) is 1.09. The van der Waals surface area contributed by atoms with Gasteiger partial charge in [0.25, 0.3) is 0 Å². The summed E-state index contributed by atoms with van der Waals surface area (Å²) in [5.41, 5.74) is 3.02. The highest BCUT2D eigenvalue weighted by Crippen LogP contribution is 2.23. The van der Waals surface area contributed by atoms with E-state index in [-0.39, 0.29) is 5.50 Å². The molecule has 72 valence electrons. The highest BCUT2D eigenvalue weighted by atomic mass is 32.1. The quantitative estimate of drug-likeness (QED) is 0.250. The molecule has 0 saturated carbocycles. The van der Waals surface area contributed by atoms with Crippen LogP contribution in [-0.2, 0) is 0 Å². The predicted molar refractivity (Wildman–Crippen MR) is 56.7 cm³/mol. The largest absolute Gasteiger partial charge is 0.495 e. The second-order valence-corrected chi connectivity index (χ2v) is 2.93. The van der Waals surface area contributed by atoms with E-state index >= 15 is 0 Å². The van der Waals surface area contributed by atoms with Gasteiger partial charge in [-0.05, 0) is 12.1 Å². The summed E-state index contributed by atoms with van der Waals surface area (Å²) in [6.45, 7) is 0. The molecular weight excluding hydrogens is 186 g/mol. The van der Waals surface area contributed by atoms with E-state index in [0.717, 1.165) is 11.4 Å². The smallest absolute Gasteiger partial charge is 0.142 e. The number of hydrazine groups is 1. The van der Waals surface area contributed by atoms with Gasteiger partial charge in [0.15, 0.2) is 0 Å². The molecule has 1 rings (SSSR count). The van der Waals surface area contributed by atoms with Crippen molar-refractivity contribution in [3.05, 3.63) is 24.3 Å². The third-order valence-electron chi connectivity index (χ3n) is 1.56. The van der Waals surface area contributed by atoms with Crippen LogP contribution in [0.1, 0.15) is 0 Å². The summed E-state index contributed by atoms with van der Waals surface area (Å²) in [4.78, 5) is 0. The molecule has 1 unspecified atom stereocenters. The maximum atomic E-state index is 5.18. The molecule has 4 nitrogen and oxygen atoms in total. The zero-order valence-corrected chi connectivity index (χ0v) is 8.21. The first-order valence-electron chi connectivity index (χ1n) is 3.81. The van der Waals surface area contributed by atoms with Crippen LogP contribution in [0.3, 0.4) is 0 Å². The average molecular weight is 199 g/mol. The van der Waals surface area contributed by atoms with Gasteiger partial charge in [0.1, 0.15) is 11.2 Å². The van der Waals surface area contributed by atoms with Crippen molar-refractivity contribution in [1.82, 2.24) is 5.43 Å². The lowest BCUT2D eigenvalue weighted by atomic mass is 10.3. The third-order valence-corrected chi connectivity index (χ3v) is 1.84. The first kappa shape index (κ1) is 10.2. The predicted octanol–water partition coefficient (Wildman–Crippen LogP) is 0.784. The van der Waals surface area contributed by atoms with Gasteiger partial charge < -0.3 is 10.1 Å². The topological polar surface area (TPSA) is 59.3 Å². The Bertz CT molecular complexity index is 269. The minimum atomic E-state index is -0.295. The number of hydrogen-bond acceptors (Lipinski definition) is 5. The molecule has 0 spiro atoms. The number of thiol groups is 1. The number of ether oxygens (including phenoxy) is 1. The third kappa shape index (κ3) is 2.80. The Labute approximate surface area is 82.8 Å². The summed E-state index contributed by atoms with van der Waals surface area (Å²) >= 11 is 4.12. The summed E-state index contributed by atoms with van der Waals surface area (Å²) < 4.78 is 5.13. The molecule has 0 aromatic heterocycles. The summed E-state index contributed by atoms with van der Waals surface area (Å²) in [6.07, 6.45) is 0. The van der Waals surface area contributed by atoms with Crippen molar-refractivity contribution >= 4 is 18.3 Å². The molecule has 1 aromatic carbocycles. The molecule has 0 aliphatic carbocycles. The van der Waals surface area contributed by atoms with E-state index in [1.54, 1.807) is 7.11 Å². The molecule has 5 heteroatoms. The Balaban J connectivity index is 2.74. The van der Waals surface area contributed by atoms with Gasteiger partial charge in [-0.2, -0.15) is 0 Å². The van der Waals surface area contributed by atoms with Crippen molar-refractivity contribution in [2.45, 2.75) is 5.50 Å². The molecule has 0 saturated heterocycles. The lowest BCUT2D eigenvalue weighted by molar-refractivity contribution is 0.416. The molecule has 0 amide bonds. The monoisotopic (exact) mass is 199 g/mol. The lowest BCUT2D eigenvalue weighted by Crippen LogP contribution is -2.36. The first-order valence-corrected chi connectivity index (χ1v) is 4.33. The fourth-order valence-electron chi connectivity index (χ4n) is 0.953. The molecule has 13 heavy (non-hydrogen) atoms. The summed E-state index contributed by atoms with van der Waals surface area (Å²) in [5, 5.41) is 3.01. The minimum Gasteiger partial charge on any atom is -0.495 e. The normalized spacial score (nSPS) is 12.2. The molecule has 4 N–H and O–H groups in total. The zero-order valence-electron chi connectivity index (χ0n) is 7.32. The standard InChI is InChI=1S/C8H13N3OS/c1-12-7-5-3-2-4-6(7)10-8(13)11-9/h2-5,8,10-11,13H,9H2,1H3. The maximum absolute atomic E-state index is 5.18. The van der Waals surface area contributed by atoms with Gasteiger partial charge in [0.2, 0.25) is 0 Å². The van der Waals surface area contributed by atoms with E-state index in [0.29, 0.717) is 0 Å². The minimum absolute atomic E-state index is 0.295. The van der Waals surface area contributed by atoms with Gasteiger partial charge >= 0.3 is 0 Å². The van der Waals surface area contributed by atoms with E-state index in [1.807, 2.05) is 24.3 Å². The summed E-state index contributed by atoms with van der Waals surface area (Å²) in [6, 6.07) is 7.55. The van der Waals surface area contributed by atoms with E-state index in [2.05, 4.69) is 23.4 Å². The summed E-state index contributed by atoms with van der Waals surface area (Å²) in [5.74, 6) is 5.94. The van der Waals surface area contributed by atoms with E-state index < -0.39 is 0 Å². The Kier molecular flexibility index (Phi) is 3.88. The number of hydrogen-bond donors (Lipinski definition) is 4. The van der Waals surface area contributed by atoms with Crippen LogP contribution >= 0.6 is 12.6 Å². The van der Waals surface area contributed by atoms with E-state index in [9.17, 15) is 0 Å².